The van der Waals surface area contributed by atoms with Gasteiger partial charge in [-0.25, -0.2) is 0 Å². The number of amides is 1. The molecule has 0 aromatic carbocycles. The Hall–Kier alpha value is -1.62. The van der Waals surface area contributed by atoms with Crippen molar-refractivity contribution in [2.24, 2.45) is 5.73 Å². The fourth-order valence-corrected chi connectivity index (χ4v) is 1.78. The summed E-state index contributed by atoms with van der Waals surface area (Å²) >= 11 is 0. The van der Waals surface area contributed by atoms with Crippen molar-refractivity contribution in [2.75, 3.05) is 13.2 Å². The Morgan fingerprint density at radius 2 is 2.25 bits per heavy atom. The van der Waals surface area contributed by atoms with Crippen LogP contribution in [0.1, 0.15) is 38.1 Å². The maximum Gasteiger partial charge on any atom is 0.257 e. The first-order chi connectivity index (χ1) is 9.52. The van der Waals surface area contributed by atoms with Gasteiger partial charge in [-0.1, -0.05) is 13.3 Å². The van der Waals surface area contributed by atoms with E-state index in [9.17, 15) is 4.79 Å². The second kappa shape index (κ2) is 8.53. The van der Waals surface area contributed by atoms with Gasteiger partial charge in [-0.3, -0.25) is 9.78 Å². The smallest absolute Gasteiger partial charge is 0.257 e. The van der Waals surface area contributed by atoms with Gasteiger partial charge in [0.1, 0.15) is 5.75 Å². The van der Waals surface area contributed by atoms with Crippen molar-refractivity contribution < 1.29 is 9.53 Å². The number of hydrogen-bond acceptors (Lipinski definition) is 4. The summed E-state index contributed by atoms with van der Waals surface area (Å²) in [5, 5.41) is 2.82. The largest absolute Gasteiger partial charge is 0.482 e. The number of nitrogens with zero attached hydrogens (tertiary/aromatic N) is 1. The Morgan fingerprint density at radius 1 is 1.50 bits per heavy atom. The molecule has 0 saturated carbocycles. The summed E-state index contributed by atoms with van der Waals surface area (Å²) in [7, 11) is 0. The maximum atomic E-state index is 11.6. The normalized spacial score (nSPS) is 12.0. The standard InChI is InChI=1S/C15H25N3O2/c1-4-5-8-17-15(19)10-20-14-7-6-12(3)18-13(14)9-11(2)16/h6-7,11H,4-5,8-10,16H2,1-3H3,(H,17,19). The van der Waals surface area contributed by atoms with Crippen molar-refractivity contribution in [2.45, 2.75) is 46.1 Å². The average Bonchev–Trinajstić information content (AvgIpc) is 2.37. The van der Waals surface area contributed by atoms with Crippen LogP contribution in [0.4, 0.5) is 0 Å². The Labute approximate surface area is 120 Å². The maximum absolute atomic E-state index is 11.6. The van der Waals surface area contributed by atoms with E-state index in [2.05, 4.69) is 17.2 Å². The number of ether oxygens (including phenoxy) is 1. The summed E-state index contributed by atoms with van der Waals surface area (Å²) in [4.78, 5) is 16.0. The van der Waals surface area contributed by atoms with Gasteiger partial charge in [0.15, 0.2) is 6.61 Å². The highest BCUT2D eigenvalue weighted by atomic mass is 16.5. The molecule has 1 amide bonds. The minimum atomic E-state index is -0.106. The molecule has 0 radical (unpaired) electrons. The molecule has 0 saturated heterocycles. The lowest BCUT2D eigenvalue weighted by molar-refractivity contribution is -0.123. The molecule has 112 valence electrons. The zero-order valence-electron chi connectivity index (χ0n) is 12.6. The first-order valence-electron chi connectivity index (χ1n) is 7.14. The second-order valence-corrected chi connectivity index (χ2v) is 5.07. The van der Waals surface area contributed by atoms with E-state index in [4.69, 9.17) is 10.5 Å². The number of aromatic nitrogens is 1. The average molecular weight is 279 g/mol. The molecular formula is C15H25N3O2. The van der Waals surface area contributed by atoms with Gasteiger partial charge in [0.25, 0.3) is 5.91 Å². The van der Waals surface area contributed by atoms with Gasteiger partial charge < -0.3 is 15.8 Å². The molecular weight excluding hydrogens is 254 g/mol. The minimum Gasteiger partial charge on any atom is -0.482 e. The summed E-state index contributed by atoms with van der Waals surface area (Å²) in [6.45, 7) is 6.63. The fourth-order valence-electron chi connectivity index (χ4n) is 1.78. The molecule has 1 rings (SSSR count). The molecule has 20 heavy (non-hydrogen) atoms. The number of aryl methyl sites for hydroxylation is 1. The fraction of sp³-hybridized carbons (Fsp3) is 0.600. The molecule has 5 heteroatoms. The SMILES string of the molecule is CCCCNC(=O)COc1ccc(C)nc1CC(C)N. The molecule has 1 aromatic rings. The second-order valence-electron chi connectivity index (χ2n) is 5.07. The highest BCUT2D eigenvalue weighted by Crippen LogP contribution is 2.18. The van der Waals surface area contributed by atoms with Gasteiger partial charge in [-0.2, -0.15) is 0 Å². The lowest BCUT2D eigenvalue weighted by Crippen LogP contribution is -2.30. The van der Waals surface area contributed by atoms with E-state index < -0.39 is 0 Å². The van der Waals surface area contributed by atoms with Crippen LogP contribution in [0.3, 0.4) is 0 Å². The van der Waals surface area contributed by atoms with E-state index in [0.29, 0.717) is 18.7 Å². The van der Waals surface area contributed by atoms with E-state index in [1.54, 1.807) is 0 Å². The molecule has 0 aliphatic rings. The Kier molecular flexibility index (Phi) is 7.01. The van der Waals surface area contributed by atoms with E-state index in [0.717, 1.165) is 24.2 Å². The summed E-state index contributed by atoms with van der Waals surface area (Å²) in [5.74, 6) is 0.532. The third kappa shape index (κ3) is 6.02. The van der Waals surface area contributed by atoms with Crippen molar-refractivity contribution in [3.05, 3.63) is 23.5 Å². The minimum absolute atomic E-state index is 0.00466. The van der Waals surface area contributed by atoms with Gasteiger partial charge in [-0.15, -0.1) is 0 Å². The van der Waals surface area contributed by atoms with Crippen molar-refractivity contribution in [1.29, 1.82) is 0 Å². The Morgan fingerprint density at radius 3 is 2.90 bits per heavy atom. The molecule has 0 aliphatic carbocycles. The number of carbonyl (C=O) groups is 1. The predicted molar refractivity (Wildman–Crippen MR) is 79.7 cm³/mol. The summed E-state index contributed by atoms with van der Waals surface area (Å²) < 4.78 is 5.56. The van der Waals surface area contributed by atoms with Gasteiger partial charge in [-0.05, 0) is 32.4 Å². The summed E-state index contributed by atoms with van der Waals surface area (Å²) in [5.41, 5.74) is 7.53. The van der Waals surface area contributed by atoms with Gasteiger partial charge in [0.05, 0.1) is 5.69 Å². The van der Waals surface area contributed by atoms with Crippen molar-refractivity contribution in [1.82, 2.24) is 10.3 Å². The van der Waals surface area contributed by atoms with Crippen LogP contribution in [0.5, 0.6) is 5.75 Å². The summed E-state index contributed by atoms with van der Waals surface area (Å²) in [6.07, 6.45) is 2.67. The number of nitrogens with two attached hydrogens (primary N) is 1. The van der Waals surface area contributed by atoms with Gasteiger partial charge >= 0.3 is 0 Å². The number of rotatable bonds is 8. The van der Waals surface area contributed by atoms with Crippen LogP contribution in [0.2, 0.25) is 0 Å². The number of nitrogens with one attached hydrogen (secondary N) is 1. The highest BCUT2D eigenvalue weighted by molar-refractivity contribution is 5.77. The van der Waals surface area contributed by atoms with Crippen LogP contribution in [-0.2, 0) is 11.2 Å². The van der Waals surface area contributed by atoms with Crippen LogP contribution in [0.15, 0.2) is 12.1 Å². The molecule has 0 fully saturated rings. The lowest BCUT2D eigenvalue weighted by Gasteiger charge is -2.13. The number of hydrogen-bond donors (Lipinski definition) is 2. The van der Waals surface area contributed by atoms with E-state index in [1.807, 2.05) is 26.0 Å². The molecule has 0 spiro atoms. The van der Waals surface area contributed by atoms with Gasteiger partial charge in [0, 0.05) is 24.7 Å². The van der Waals surface area contributed by atoms with Crippen LogP contribution in [0, 0.1) is 6.92 Å². The van der Waals surface area contributed by atoms with Crippen LogP contribution in [-0.4, -0.2) is 30.1 Å². The van der Waals surface area contributed by atoms with Crippen molar-refractivity contribution in [3.8, 4) is 5.75 Å². The molecule has 0 aliphatic heterocycles. The number of carbonyl (C=O) groups excluding carboxylic acids is 1. The van der Waals surface area contributed by atoms with Crippen molar-refractivity contribution >= 4 is 5.91 Å². The van der Waals surface area contributed by atoms with E-state index >= 15 is 0 Å². The predicted octanol–water partition coefficient (Wildman–Crippen LogP) is 1.57. The topological polar surface area (TPSA) is 77.2 Å². The number of unbranched alkanes of at least 4 members (excludes halogenated alkanes) is 1. The van der Waals surface area contributed by atoms with Crippen molar-refractivity contribution in [3.63, 3.8) is 0 Å². The van der Waals surface area contributed by atoms with Crippen LogP contribution < -0.4 is 15.8 Å². The molecule has 1 aromatic heterocycles. The van der Waals surface area contributed by atoms with E-state index in [1.165, 1.54) is 0 Å². The number of pyridine rings is 1. The molecule has 5 nitrogen and oxygen atoms in total. The molecule has 1 heterocycles. The first-order valence-corrected chi connectivity index (χ1v) is 7.14. The van der Waals surface area contributed by atoms with Crippen LogP contribution >= 0.6 is 0 Å². The molecule has 0 bridgehead atoms. The Bertz CT molecular complexity index is 433. The van der Waals surface area contributed by atoms with Crippen LogP contribution in [0.25, 0.3) is 0 Å². The molecule has 3 N–H and O–H groups in total. The zero-order valence-corrected chi connectivity index (χ0v) is 12.6. The zero-order chi connectivity index (χ0) is 15.0. The summed E-state index contributed by atoms with van der Waals surface area (Å²) in [6, 6.07) is 3.72. The highest BCUT2D eigenvalue weighted by Gasteiger charge is 2.10. The first kappa shape index (κ1) is 16.4. The molecule has 1 atom stereocenters. The van der Waals surface area contributed by atoms with E-state index in [-0.39, 0.29) is 18.6 Å². The Balaban J connectivity index is 2.56. The molecule has 1 unspecified atom stereocenters. The lowest BCUT2D eigenvalue weighted by atomic mass is 10.1. The third-order valence-electron chi connectivity index (χ3n) is 2.80. The van der Waals surface area contributed by atoms with Gasteiger partial charge in [0.2, 0.25) is 0 Å². The monoisotopic (exact) mass is 279 g/mol. The third-order valence-corrected chi connectivity index (χ3v) is 2.80. The quantitative estimate of drug-likeness (QED) is 0.708.